The summed E-state index contributed by atoms with van der Waals surface area (Å²) in [5.41, 5.74) is 7.33. The number of nitrogens with one attached hydrogen (secondary N) is 2. The maximum Gasteiger partial charge on any atom is 0.191 e. The molecule has 8 heteroatoms. The highest BCUT2D eigenvalue weighted by molar-refractivity contribution is 9.10. The van der Waals surface area contributed by atoms with Crippen molar-refractivity contribution in [3.63, 3.8) is 0 Å². The van der Waals surface area contributed by atoms with Gasteiger partial charge in [0.05, 0.1) is 19.0 Å². The number of nitrogens with zero attached hydrogens (tertiary/aromatic N) is 3. The number of hydrazone groups is 1. The number of halogens is 1. The number of anilines is 1. The van der Waals surface area contributed by atoms with Crippen LogP contribution in [0.4, 0.5) is 5.69 Å². The van der Waals surface area contributed by atoms with Gasteiger partial charge >= 0.3 is 0 Å². The third kappa shape index (κ3) is 5.40. The Labute approximate surface area is 200 Å². The van der Waals surface area contributed by atoms with E-state index in [2.05, 4.69) is 31.8 Å². The summed E-state index contributed by atoms with van der Waals surface area (Å²) in [4.78, 5) is 0. The third-order valence-electron chi connectivity index (χ3n) is 4.60. The molecule has 0 spiro atoms. The zero-order chi connectivity index (χ0) is 22.3. The van der Waals surface area contributed by atoms with Crippen molar-refractivity contribution >= 4 is 45.2 Å². The smallest absolute Gasteiger partial charge is 0.191 e. The molecule has 0 unspecified atom stereocenters. The average molecular weight is 506 g/mol. The molecule has 0 saturated carbocycles. The van der Waals surface area contributed by atoms with Crippen LogP contribution in [0.25, 0.3) is 16.9 Å². The zero-order valence-corrected chi connectivity index (χ0v) is 19.6. The molecule has 0 aliphatic carbocycles. The van der Waals surface area contributed by atoms with Crippen LogP contribution in [0.2, 0.25) is 0 Å². The fourth-order valence-electron chi connectivity index (χ4n) is 3.02. The fourth-order valence-corrected chi connectivity index (χ4v) is 3.46. The number of benzene rings is 3. The molecule has 0 aliphatic heterocycles. The Kier molecular flexibility index (Phi) is 6.94. The number of hydrogen-bond donors (Lipinski definition) is 2. The Balaban J connectivity index is 1.53. The van der Waals surface area contributed by atoms with Gasteiger partial charge in [0, 0.05) is 27.5 Å². The Bertz CT molecular complexity index is 1220. The van der Waals surface area contributed by atoms with Crippen molar-refractivity contribution in [2.75, 3.05) is 12.4 Å². The van der Waals surface area contributed by atoms with Gasteiger partial charge in [-0.2, -0.15) is 10.2 Å². The second-order valence-corrected chi connectivity index (χ2v) is 8.10. The van der Waals surface area contributed by atoms with Crippen LogP contribution in [0.5, 0.6) is 5.75 Å². The molecule has 32 heavy (non-hydrogen) atoms. The quantitative estimate of drug-likeness (QED) is 0.202. The van der Waals surface area contributed by atoms with Gasteiger partial charge < -0.3 is 10.1 Å². The molecule has 1 heterocycles. The lowest BCUT2D eigenvalue weighted by Crippen LogP contribution is -2.23. The fraction of sp³-hybridized carbons (Fsp3) is 0.0417. The van der Waals surface area contributed by atoms with Crippen molar-refractivity contribution < 1.29 is 4.74 Å². The lowest BCUT2D eigenvalue weighted by molar-refractivity contribution is 0.415. The molecule has 160 valence electrons. The van der Waals surface area contributed by atoms with Crippen molar-refractivity contribution in [2.24, 2.45) is 5.10 Å². The first-order valence-electron chi connectivity index (χ1n) is 9.77. The maximum atomic E-state index is 5.34. The SMILES string of the molecule is COc1ccc(NC(=S)N/N=C\c2cn(-c3ccccc3)nc2-c2ccc(Br)cc2)cc1. The highest BCUT2D eigenvalue weighted by atomic mass is 79.9. The van der Waals surface area contributed by atoms with E-state index >= 15 is 0 Å². The number of methoxy groups -OCH3 is 1. The van der Waals surface area contributed by atoms with E-state index in [-0.39, 0.29) is 0 Å². The van der Waals surface area contributed by atoms with Crippen molar-refractivity contribution in [3.05, 3.63) is 95.1 Å². The number of hydrogen-bond acceptors (Lipinski definition) is 4. The highest BCUT2D eigenvalue weighted by Crippen LogP contribution is 2.24. The van der Waals surface area contributed by atoms with Gasteiger partial charge in [0.15, 0.2) is 5.11 Å². The minimum atomic E-state index is 0.382. The lowest BCUT2D eigenvalue weighted by Gasteiger charge is -2.07. The van der Waals surface area contributed by atoms with Crippen LogP contribution in [0, 0.1) is 0 Å². The molecular formula is C24H20BrN5OS. The molecule has 0 saturated heterocycles. The van der Waals surface area contributed by atoms with E-state index in [4.69, 9.17) is 22.1 Å². The number of rotatable bonds is 6. The first-order valence-corrected chi connectivity index (χ1v) is 11.0. The predicted octanol–water partition coefficient (Wildman–Crippen LogP) is 5.63. The molecule has 6 nitrogen and oxygen atoms in total. The zero-order valence-electron chi connectivity index (χ0n) is 17.2. The summed E-state index contributed by atoms with van der Waals surface area (Å²) in [5, 5.41) is 12.6. The summed E-state index contributed by atoms with van der Waals surface area (Å²) in [6, 6.07) is 25.4. The predicted molar refractivity (Wildman–Crippen MR) is 137 cm³/mol. The summed E-state index contributed by atoms with van der Waals surface area (Å²) in [7, 11) is 1.63. The maximum absolute atomic E-state index is 5.34. The number of thiocarbonyl (C=S) groups is 1. The topological polar surface area (TPSA) is 63.5 Å². The molecule has 2 N–H and O–H groups in total. The van der Waals surface area contributed by atoms with E-state index in [0.29, 0.717) is 5.11 Å². The van der Waals surface area contributed by atoms with Gasteiger partial charge in [0.2, 0.25) is 0 Å². The molecule has 0 amide bonds. The van der Waals surface area contributed by atoms with Gasteiger partial charge in [0.25, 0.3) is 0 Å². The number of aromatic nitrogens is 2. The monoisotopic (exact) mass is 505 g/mol. The van der Waals surface area contributed by atoms with E-state index in [1.165, 1.54) is 0 Å². The van der Waals surface area contributed by atoms with Gasteiger partial charge in [-0.15, -0.1) is 0 Å². The van der Waals surface area contributed by atoms with Crippen LogP contribution in [0.3, 0.4) is 0 Å². The van der Waals surface area contributed by atoms with Crippen LogP contribution in [0.1, 0.15) is 5.56 Å². The van der Waals surface area contributed by atoms with Gasteiger partial charge in [0.1, 0.15) is 11.4 Å². The number of ether oxygens (including phenoxy) is 1. The van der Waals surface area contributed by atoms with Gasteiger partial charge in [-0.1, -0.05) is 46.3 Å². The standard InChI is InChI=1S/C24H20BrN5OS/c1-31-22-13-11-20(12-14-22)27-24(32)28-26-15-18-16-30(21-5-3-2-4-6-21)29-23(18)17-7-9-19(25)10-8-17/h2-16H,1H3,(H2,27,28,32)/b26-15-. The van der Waals surface area contributed by atoms with Crippen LogP contribution < -0.4 is 15.5 Å². The Morgan fingerprint density at radius 2 is 1.75 bits per heavy atom. The Morgan fingerprint density at radius 3 is 2.44 bits per heavy atom. The van der Waals surface area contributed by atoms with E-state index < -0.39 is 0 Å². The van der Waals surface area contributed by atoms with Gasteiger partial charge in [-0.25, -0.2) is 4.68 Å². The molecule has 4 rings (SSSR count). The summed E-state index contributed by atoms with van der Waals surface area (Å²) < 4.78 is 8.02. The molecule has 3 aromatic carbocycles. The molecular weight excluding hydrogens is 486 g/mol. The second kappa shape index (κ2) is 10.2. The summed E-state index contributed by atoms with van der Waals surface area (Å²) in [6.45, 7) is 0. The van der Waals surface area contributed by atoms with Gasteiger partial charge in [-0.05, 0) is 60.7 Å². The van der Waals surface area contributed by atoms with Crippen molar-refractivity contribution in [1.82, 2.24) is 15.2 Å². The van der Waals surface area contributed by atoms with Crippen molar-refractivity contribution in [2.45, 2.75) is 0 Å². The average Bonchev–Trinajstić information content (AvgIpc) is 3.25. The highest BCUT2D eigenvalue weighted by Gasteiger charge is 2.11. The molecule has 0 bridgehead atoms. The minimum Gasteiger partial charge on any atom is -0.497 e. The summed E-state index contributed by atoms with van der Waals surface area (Å²) >= 11 is 8.82. The Morgan fingerprint density at radius 1 is 1.03 bits per heavy atom. The van der Waals surface area contributed by atoms with E-state index in [0.717, 1.165) is 38.4 Å². The summed E-state index contributed by atoms with van der Waals surface area (Å²) in [6.07, 6.45) is 3.66. The molecule has 0 atom stereocenters. The summed E-state index contributed by atoms with van der Waals surface area (Å²) in [5.74, 6) is 0.781. The van der Waals surface area contributed by atoms with Crippen molar-refractivity contribution in [1.29, 1.82) is 0 Å². The van der Waals surface area contributed by atoms with E-state index in [1.807, 2.05) is 89.7 Å². The van der Waals surface area contributed by atoms with Crippen LogP contribution in [0.15, 0.2) is 94.6 Å². The largest absolute Gasteiger partial charge is 0.497 e. The molecule has 1 aromatic heterocycles. The van der Waals surface area contributed by atoms with Crippen LogP contribution in [-0.4, -0.2) is 28.2 Å². The lowest BCUT2D eigenvalue weighted by atomic mass is 10.1. The van der Waals surface area contributed by atoms with E-state index in [9.17, 15) is 0 Å². The first kappa shape index (κ1) is 21.7. The molecule has 0 radical (unpaired) electrons. The second-order valence-electron chi connectivity index (χ2n) is 6.77. The third-order valence-corrected chi connectivity index (χ3v) is 5.32. The first-order chi connectivity index (χ1) is 15.6. The van der Waals surface area contributed by atoms with Crippen LogP contribution >= 0.6 is 28.1 Å². The van der Waals surface area contributed by atoms with Gasteiger partial charge in [-0.3, -0.25) is 5.43 Å². The molecule has 0 aliphatic rings. The van der Waals surface area contributed by atoms with Crippen LogP contribution in [-0.2, 0) is 0 Å². The number of para-hydroxylation sites is 1. The molecule has 0 fully saturated rings. The normalized spacial score (nSPS) is 10.8. The molecule has 4 aromatic rings. The minimum absolute atomic E-state index is 0.382. The van der Waals surface area contributed by atoms with E-state index in [1.54, 1.807) is 13.3 Å². The van der Waals surface area contributed by atoms with Crippen molar-refractivity contribution in [3.8, 4) is 22.7 Å². The Hall–Kier alpha value is -3.49.